The molecular formula is C20H26N3OS+. The van der Waals surface area contributed by atoms with Gasteiger partial charge in [0.1, 0.15) is 0 Å². The molecule has 0 aliphatic heterocycles. The molecule has 0 aliphatic rings. The third kappa shape index (κ3) is 4.63. The van der Waals surface area contributed by atoms with Crippen molar-refractivity contribution in [1.82, 2.24) is 5.32 Å². The molecule has 0 spiro atoms. The van der Waals surface area contributed by atoms with Gasteiger partial charge in [-0.05, 0) is 18.9 Å². The van der Waals surface area contributed by atoms with Crippen molar-refractivity contribution in [3.8, 4) is 0 Å². The Balaban J connectivity index is 2.37. The van der Waals surface area contributed by atoms with E-state index in [1.165, 1.54) is 5.56 Å². The first kappa shape index (κ1) is 19.1. The monoisotopic (exact) mass is 356 g/mol. The van der Waals surface area contributed by atoms with Crippen molar-refractivity contribution < 1.29 is 9.36 Å². The highest BCUT2D eigenvalue weighted by Crippen LogP contribution is 2.14. The molecule has 1 N–H and O–H groups in total. The zero-order chi connectivity index (χ0) is 18.4. The maximum absolute atomic E-state index is 13.1. The predicted molar refractivity (Wildman–Crippen MR) is 106 cm³/mol. The van der Waals surface area contributed by atoms with Crippen LogP contribution in [-0.4, -0.2) is 31.4 Å². The number of ketones is 1. The zero-order valence-electron chi connectivity index (χ0n) is 15.3. The third-order valence-electron chi connectivity index (χ3n) is 4.14. The van der Waals surface area contributed by atoms with Crippen LogP contribution in [0.4, 0.5) is 5.69 Å². The Kier molecular flexibility index (Phi) is 6.65. The number of hydrogen-bond donors (Lipinski definition) is 1. The molecule has 0 bridgehead atoms. The Morgan fingerprint density at radius 2 is 1.72 bits per heavy atom. The largest absolute Gasteiger partial charge is 0.377 e. The molecule has 0 aliphatic carbocycles. The van der Waals surface area contributed by atoms with E-state index in [9.17, 15) is 4.79 Å². The number of carbonyl (C=O) groups excluding carboxylic acids is 1. The summed E-state index contributed by atoms with van der Waals surface area (Å²) in [7, 11) is 3.97. The van der Waals surface area contributed by atoms with Gasteiger partial charge in [-0.1, -0.05) is 43.4 Å². The molecule has 2 rings (SSSR count). The normalized spacial score (nSPS) is 11.7. The molecule has 2 aromatic rings. The Morgan fingerprint density at radius 3 is 2.20 bits per heavy atom. The number of likely N-dealkylation sites (N-methyl/N-ethyl adjacent to an activating group) is 1. The molecule has 5 heteroatoms. The fourth-order valence-corrected chi connectivity index (χ4v) is 3.00. The summed E-state index contributed by atoms with van der Waals surface area (Å²) < 4.78 is 1.87. The van der Waals surface area contributed by atoms with Crippen molar-refractivity contribution in [2.75, 3.05) is 25.5 Å². The first-order valence-electron chi connectivity index (χ1n) is 8.56. The quantitative estimate of drug-likeness (QED) is 0.470. The van der Waals surface area contributed by atoms with Crippen molar-refractivity contribution in [2.45, 2.75) is 26.3 Å². The number of benzene rings is 1. The van der Waals surface area contributed by atoms with Crippen LogP contribution >= 0.6 is 12.2 Å². The number of carbonyl (C=O) groups is 1. The lowest BCUT2D eigenvalue weighted by molar-refractivity contribution is -0.692. The van der Waals surface area contributed by atoms with Crippen LogP contribution in [0.15, 0.2) is 48.8 Å². The number of hydrogen-bond acceptors (Lipinski definition) is 3. The van der Waals surface area contributed by atoms with E-state index in [4.69, 9.17) is 12.2 Å². The third-order valence-corrected chi connectivity index (χ3v) is 4.51. The number of nitrogens with one attached hydrogen (secondary N) is 1. The van der Waals surface area contributed by atoms with Crippen LogP contribution in [0.3, 0.4) is 0 Å². The van der Waals surface area contributed by atoms with Gasteiger partial charge in [-0.3, -0.25) is 4.79 Å². The molecule has 0 saturated heterocycles. The Hall–Kier alpha value is -2.27. The minimum Gasteiger partial charge on any atom is -0.377 e. The molecule has 0 saturated carbocycles. The van der Waals surface area contributed by atoms with Gasteiger partial charge < -0.3 is 10.2 Å². The van der Waals surface area contributed by atoms with Gasteiger partial charge >= 0.3 is 0 Å². The van der Waals surface area contributed by atoms with Crippen molar-refractivity contribution in [1.29, 1.82) is 0 Å². The summed E-state index contributed by atoms with van der Waals surface area (Å²) in [5.74, 6) is -0.00351. The predicted octanol–water partition coefficient (Wildman–Crippen LogP) is 2.96. The van der Waals surface area contributed by atoms with Gasteiger partial charge in [-0.25, -0.2) is 0 Å². The average molecular weight is 357 g/mol. The fraction of sp³-hybridized carbons (Fsp3) is 0.350. The van der Waals surface area contributed by atoms with E-state index < -0.39 is 6.04 Å². The summed E-state index contributed by atoms with van der Waals surface area (Å²) >= 11 is 5.50. The summed E-state index contributed by atoms with van der Waals surface area (Å²) in [5.41, 5.74) is 2.96. The number of thiocarbonyl (C=S) groups is 1. The minimum atomic E-state index is -0.543. The molecule has 0 radical (unpaired) electrons. The first-order valence-corrected chi connectivity index (χ1v) is 8.97. The van der Waals surface area contributed by atoms with Gasteiger partial charge in [0.2, 0.25) is 5.78 Å². The first-order chi connectivity index (χ1) is 12.0. The number of Topliss-reactive ketones (excluding diaryl/α,β-unsaturated/α-hetero) is 1. The summed E-state index contributed by atoms with van der Waals surface area (Å²) in [6, 6.07) is 11.2. The van der Waals surface area contributed by atoms with E-state index >= 15 is 0 Å². The van der Waals surface area contributed by atoms with Gasteiger partial charge in [-0.2, -0.15) is 4.57 Å². The lowest BCUT2D eigenvalue weighted by Crippen LogP contribution is -2.51. The molecule has 1 aromatic carbocycles. The number of aromatic nitrogens is 1. The second kappa shape index (κ2) is 8.72. The molecule has 1 atom stereocenters. The summed E-state index contributed by atoms with van der Waals surface area (Å²) in [5, 5.41) is 3.13. The number of anilines is 1. The molecular weight excluding hydrogens is 330 g/mol. The van der Waals surface area contributed by atoms with E-state index in [1.807, 2.05) is 79.3 Å². The summed E-state index contributed by atoms with van der Waals surface area (Å²) in [4.78, 5) is 15.7. The highest BCUT2D eigenvalue weighted by molar-refractivity contribution is 7.80. The lowest BCUT2D eigenvalue weighted by Gasteiger charge is -2.16. The number of nitrogens with zero attached hydrogens (tertiary/aromatic N) is 2. The Morgan fingerprint density at radius 1 is 1.12 bits per heavy atom. The fourth-order valence-electron chi connectivity index (χ4n) is 2.62. The SMILES string of the molecule is CCNC(=S)[C@H](C(=O)c1ccc(CC)cc1)[n+]1ccc(N(C)C)cc1. The van der Waals surface area contributed by atoms with Crippen LogP contribution in [0.5, 0.6) is 0 Å². The van der Waals surface area contributed by atoms with Crippen molar-refractivity contribution in [3.63, 3.8) is 0 Å². The van der Waals surface area contributed by atoms with Crippen LogP contribution in [-0.2, 0) is 6.42 Å². The van der Waals surface area contributed by atoms with Gasteiger partial charge in [0.15, 0.2) is 17.4 Å². The number of pyridine rings is 1. The van der Waals surface area contributed by atoms with Gasteiger partial charge in [0.25, 0.3) is 6.04 Å². The van der Waals surface area contributed by atoms with Gasteiger partial charge in [0.05, 0.1) is 0 Å². The standard InChI is InChI=1S/C20H25N3OS/c1-5-15-7-9-16(10-8-15)19(24)18(20(25)21-6-2)23-13-11-17(12-14-23)22(3)4/h7-14,18H,5-6H2,1-4H3/p+1/t18-/m0/s1. The maximum Gasteiger partial charge on any atom is 0.270 e. The van der Waals surface area contributed by atoms with E-state index in [-0.39, 0.29) is 5.78 Å². The van der Waals surface area contributed by atoms with Crippen LogP contribution in [0, 0.1) is 0 Å². The highest BCUT2D eigenvalue weighted by Gasteiger charge is 2.32. The molecule has 0 unspecified atom stereocenters. The zero-order valence-corrected chi connectivity index (χ0v) is 16.1. The topological polar surface area (TPSA) is 36.2 Å². The Labute approximate surface area is 155 Å². The van der Waals surface area contributed by atoms with E-state index in [0.717, 1.165) is 12.1 Å². The molecule has 1 heterocycles. The highest BCUT2D eigenvalue weighted by atomic mass is 32.1. The second-order valence-electron chi connectivity index (χ2n) is 6.11. The molecule has 4 nitrogen and oxygen atoms in total. The minimum absolute atomic E-state index is 0.00351. The smallest absolute Gasteiger partial charge is 0.270 e. The molecule has 25 heavy (non-hydrogen) atoms. The lowest BCUT2D eigenvalue weighted by atomic mass is 10.0. The number of aryl methyl sites for hydroxylation is 1. The molecule has 1 aromatic heterocycles. The van der Waals surface area contributed by atoms with Gasteiger partial charge in [0, 0.05) is 44.0 Å². The number of rotatable bonds is 7. The van der Waals surface area contributed by atoms with E-state index in [0.29, 0.717) is 17.1 Å². The van der Waals surface area contributed by atoms with Crippen LogP contribution < -0.4 is 14.8 Å². The molecule has 132 valence electrons. The Bertz CT molecular complexity index is 724. The van der Waals surface area contributed by atoms with Crippen LogP contribution in [0.1, 0.15) is 35.8 Å². The van der Waals surface area contributed by atoms with Crippen molar-refractivity contribution in [3.05, 3.63) is 59.9 Å². The van der Waals surface area contributed by atoms with Gasteiger partial charge in [-0.15, -0.1) is 0 Å². The van der Waals surface area contributed by atoms with Crippen LogP contribution in [0.25, 0.3) is 0 Å². The summed E-state index contributed by atoms with van der Waals surface area (Å²) in [6.45, 7) is 4.76. The maximum atomic E-state index is 13.1. The second-order valence-corrected chi connectivity index (χ2v) is 6.55. The van der Waals surface area contributed by atoms with Crippen molar-refractivity contribution in [2.24, 2.45) is 0 Å². The van der Waals surface area contributed by atoms with E-state index in [1.54, 1.807) is 0 Å². The van der Waals surface area contributed by atoms with E-state index in [2.05, 4.69) is 12.2 Å². The molecule has 0 amide bonds. The summed E-state index contributed by atoms with van der Waals surface area (Å²) in [6.07, 6.45) is 4.76. The van der Waals surface area contributed by atoms with Crippen molar-refractivity contribution >= 4 is 28.7 Å². The molecule has 0 fully saturated rings. The van der Waals surface area contributed by atoms with Crippen LogP contribution in [0.2, 0.25) is 0 Å². The average Bonchev–Trinajstić information content (AvgIpc) is 2.62.